The van der Waals surface area contributed by atoms with Crippen molar-refractivity contribution in [1.82, 2.24) is 0 Å². The topological polar surface area (TPSA) is 83.5 Å². The Labute approximate surface area is 109 Å². The van der Waals surface area contributed by atoms with Gasteiger partial charge >= 0.3 is 5.76 Å². The van der Waals surface area contributed by atoms with Gasteiger partial charge in [-0.25, -0.2) is 8.42 Å². The van der Waals surface area contributed by atoms with Gasteiger partial charge in [0.1, 0.15) is 0 Å². The molecule has 1 aromatic carbocycles. The van der Waals surface area contributed by atoms with Crippen molar-refractivity contribution in [3.63, 3.8) is 0 Å². The third-order valence-corrected chi connectivity index (χ3v) is 3.70. The fourth-order valence-corrected chi connectivity index (χ4v) is 2.25. The molecule has 0 radical (unpaired) electrons. The van der Waals surface area contributed by atoms with Gasteiger partial charge in [-0.2, -0.15) is 8.78 Å². The van der Waals surface area contributed by atoms with Crippen LogP contribution in [0.5, 0.6) is 0 Å². The van der Waals surface area contributed by atoms with Gasteiger partial charge in [0.2, 0.25) is 15.7 Å². The van der Waals surface area contributed by atoms with Gasteiger partial charge in [0.15, 0.2) is 0 Å². The van der Waals surface area contributed by atoms with Gasteiger partial charge in [0.05, 0.1) is 10.6 Å². The van der Waals surface area contributed by atoms with Crippen molar-refractivity contribution >= 4 is 21.4 Å². The number of carbonyl (C=O) groups is 1. The molecular weight excluding hydrogens is 280 g/mol. The van der Waals surface area contributed by atoms with Crippen LogP contribution in [0.1, 0.15) is 12.8 Å². The van der Waals surface area contributed by atoms with E-state index in [0.717, 1.165) is 6.07 Å². The average molecular weight is 293 g/mol. The van der Waals surface area contributed by atoms with E-state index in [1.165, 1.54) is 18.2 Å². The summed E-state index contributed by atoms with van der Waals surface area (Å²) in [6.45, 7) is -0.190. The molecule has 0 saturated heterocycles. The highest BCUT2D eigenvalue weighted by Gasteiger charge is 2.29. The first-order valence-corrected chi connectivity index (χ1v) is 6.96. The minimum atomic E-state index is -4.77. The van der Waals surface area contributed by atoms with Crippen molar-refractivity contribution in [2.75, 3.05) is 11.9 Å². The molecule has 106 valence electrons. The summed E-state index contributed by atoms with van der Waals surface area (Å²) in [5.74, 6) is -4.10. The minimum Gasteiger partial charge on any atom is -0.396 e. The summed E-state index contributed by atoms with van der Waals surface area (Å²) in [6, 6.07) is 4.94. The minimum absolute atomic E-state index is 0.0282. The predicted molar refractivity (Wildman–Crippen MR) is 64.6 cm³/mol. The molecule has 1 amide bonds. The molecule has 0 unspecified atom stereocenters. The molecule has 0 atom stereocenters. The van der Waals surface area contributed by atoms with Crippen molar-refractivity contribution < 1.29 is 27.1 Å². The van der Waals surface area contributed by atoms with Crippen molar-refractivity contribution in [2.45, 2.75) is 23.5 Å². The van der Waals surface area contributed by atoms with Crippen LogP contribution < -0.4 is 5.32 Å². The average Bonchev–Trinajstić information content (AvgIpc) is 2.36. The van der Waals surface area contributed by atoms with Crippen LogP contribution in [0, 0.1) is 0 Å². The van der Waals surface area contributed by atoms with E-state index in [2.05, 4.69) is 5.32 Å². The Balaban J connectivity index is 3.01. The summed E-state index contributed by atoms with van der Waals surface area (Å²) in [5.41, 5.74) is -0.189. The number of carbonyl (C=O) groups excluding carboxylic acids is 1. The van der Waals surface area contributed by atoms with Gasteiger partial charge in [0, 0.05) is 13.0 Å². The summed E-state index contributed by atoms with van der Waals surface area (Å²) < 4.78 is 47.8. The zero-order chi connectivity index (χ0) is 14.5. The third kappa shape index (κ3) is 3.97. The van der Waals surface area contributed by atoms with Gasteiger partial charge in [0.25, 0.3) is 0 Å². The first-order chi connectivity index (χ1) is 8.89. The molecule has 5 nitrogen and oxygen atoms in total. The number of benzene rings is 1. The largest absolute Gasteiger partial charge is 0.396 e. The summed E-state index contributed by atoms with van der Waals surface area (Å²) in [4.78, 5) is 10.8. The first-order valence-electron chi connectivity index (χ1n) is 5.41. The van der Waals surface area contributed by atoms with Crippen LogP contribution in [0.2, 0.25) is 0 Å². The van der Waals surface area contributed by atoms with Crippen molar-refractivity contribution in [2.24, 2.45) is 0 Å². The maximum Gasteiger partial charge on any atom is 0.341 e. The number of aliphatic hydroxyl groups excluding tert-OH is 1. The van der Waals surface area contributed by atoms with Gasteiger partial charge < -0.3 is 10.4 Å². The van der Waals surface area contributed by atoms with Gasteiger partial charge in [-0.1, -0.05) is 12.1 Å². The van der Waals surface area contributed by atoms with Crippen LogP contribution in [0.15, 0.2) is 29.2 Å². The zero-order valence-corrected chi connectivity index (χ0v) is 10.7. The van der Waals surface area contributed by atoms with E-state index < -0.39 is 26.4 Å². The highest BCUT2D eigenvalue weighted by molar-refractivity contribution is 7.91. The molecule has 0 bridgehead atoms. The van der Waals surface area contributed by atoms with Crippen LogP contribution in [0.3, 0.4) is 0 Å². The van der Waals surface area contributed by atoms with Gasteiger partial charge in [-0.15, -0.1) is 0 Å². The van der Waals surface area contributed by atoms with Crippen LogP contribution in [-0.2, 0) is 14.6 Å². The summed E-state index contributed by atoms with van der Waals surface area (Å²) in [7, 11) is -4.77. The number of hydrogen-bond donors (Lipinski definition) is 2. The quantitative estimate of drug-likeness (QED) is 0.830. The molecule has 19 heavy (non-hydrogen) atoms. The second kappa shape index (κ2) is 6.58. The molecule has 0 aliphatic rings. The number of nitrogens with one attached hydrogen (secondary N) is 1. The van der Waals surface area contributed by atoms with E-state index >= 15 is 0 Å². The normalized spacial score (nSPS) is 11.6. The smallest absolute Gasteiger partial charge is 0.341 e. The SMILES string of the molecule is O=C(CCCO)Nc1ccccc1S(=O)(=O)C(F)F. The molecular formula is C11H13F2NO4S. The third-order valence-electron chi connectivity index (χ3n) is 2.26. The van der Waals surface area contributed by atoms with Crippen LogP contribution >= 0.6 is 0 Å². The van der Waals surface area contributed by atoms with Gasteiger partial charge in [-0.3, -0.25) is 4.79 Å². The Bertz CT molecular complexity index is 545. The summed E-state index contributed by atoms with van der Waals surface area (Å²) >= 11 is 0. The molecule has 2 N–H and O–H groups in total. The number of hydrogen-bond acceptors (Lipinski definition) is 4. The molecule has 1 rings (SSSR count). The van der Waals surface area contributed by atoms with Crippen LogP contribution in [0.25, 0.3) is 0 Å². The van der Waals surface area contributed by atoms with Crippen LogP contribution in [0.4, 0.5) is 14.5 Å². The summed E-state index contributed by atoms with van der Waals surface area (Å²) in [6.07, 6.45) is 0.176. The molecule has 1 aromatic rings. The van der Waals surface area contributed by atoms with E-state index in [1.807, 2.05) is 0 Å². The maximum atomic E-state index is 12.5. The molecule has 0 aromatic heterocycles. The molecule has 0 heterocycles. The van der Waals surface area contributed by atoms with E-state index in [1.54, 1.807) is 0 Å². The van der Waals surface area contributed by atoms with Crippen LogP contribution in [-0.4, -0.2) is 31.8 Å². The molecule has 0 spiro atoms. The molecule has 0 fully saturated rings. The standard InChI is InChI=1S/C11H13F2NO4S/c12-11(13)19(17,18)9-5-2-1-4-8(9)14-10(16)6-3-7-15/h1-2,4-5,11,15H,3,6-7H2,(H,14,16). The second-order valence-electron chi connectivity index (χ2n) is 3.68. The Kier molecular flexibility index (Phi) is 5.37. The lowest BCUT2D eigenvalue weighted by atomic mass is 10.2. The number of para-hydroxylation sites is 1. The van der Waals surface area contributed by atoms with Gasteiger partial charge in [-0.05, 0) is 18.6 Å². The number of aliphatic hydroxyl groups is 1. The van der Waals surface area contributed by atoms with E-state index in [-0.39, 0.29) is 25.1 Å². The van der Waals surface area contributed by atoms with Crippen molar-refractivity contribution in [3.05, 3.63) is 24.3 Å². The zero-order valence-electron chi connectivity index (χ0n) is 9.84. The Hall–Kier alpha value is -1.54. The lowest BCUT2D eigenvalue weighted by molar-refractivity contribution is -0.116. The van der Waals surface area contributed by atoms with E-state index in [4.69, 9.17) is 5.11 Å². The number of anilines is 1. The van der Waals surface area contributed by atoms with Crippen molar-refractivity contribution in [3.8, 4) is 0 Å². The number of halogens is 2. The van der Waals surface area contributed by atoms with Crippen molar-refractivity contribution in [1.29, 1.82) is 0 Å². The summed E-state index contributed by atoms with van der Waals surface area (Å²) in [5, 5.41) is 10.8. The van der Waals surface area contributed by atoms with E-state index in [9.17, 15) is 22.0 Å². The highest BCUT2D eigenvalue weighted by atomic mass is 32.2. The van der Waals surface area contributed by atoms with E-state index in [0.29, 0.717) is 0 Å². The number of rotatable bonds is 6. The first kappa shape index (κ1) is 15.5. The molecule has 0 aliphatic heterocycles. The monoisotopic (exact) mass is 293 g/mol. The maximum absolute atomic E-state index is 12.5. The predicted octanol–water partition coefficient (Wildman–Crippen LogP) is 1.39. The lowest BCUT2D eigenvalue weighted by Gasteiger charge is -2.10. The Morgan fingerprint density at radius 1 is 1.32 bits per heavy atom. The fourth-order valence-electron chi connectivity index (χ4n) is 1.37. The molecule has 8 heteroatoms. The molecule has 0 aliphatic carbocycles. The Morgan fingerprint density at radius 3 is 2.53 bits per heavy atom. The second-order valence-corrected chi connectivity index (χ2v) is 5.56. The highest BCUT2D eigenvalue weighted by Crippen LogP contribution is 2.26. The number of sulfone groups is 1. The fraction of sp³-hybridized carbons (Fsp3) is 0.364. The Morgan fingerprint density at radius 2 is 1.95 bits per heavy atom. The number of amides is 1. The number of alkyl halides is 2. The molecule has 0 saturated carbocycles. The lowest BCUT2D eigenvalue weighted by Crippen LogP contribution is -2.17.